The molecule has 0 N–H and O–H groups in total. The topological polar surface area (TPSA) is 66.5 Å². The first-order valence-corrected chi connectivity index (χ1v) is 10.2. The Hall–Kier alpha value is -3.03. The zero-order valence-electron chi connectivity index (χ0n) is 18.3. The lowest BCUT2D eigenvalue weighted by Gasteiger charge is -2.30. The van der Waals surface area contributed by atoms with E-state index in [0.717, 1.165) is 35.4 Å². The highest BCUT2D eigenvalue weighted by molar-refractivity contribution is 6.15. The Morgan fingerprint density at radius 2 is 1.94 bits per heavy atom. The Kier molecular flexibility index (Phi) is 6.15. The molecule has 0 amide bonds. The van der Waals surface area contributed by atoms with Gasteiger partial charge in [-0.15, -0.1) is 0 Å². The van der Waals surface area contributed by atoms with Gasteiger partial charge in [0.05, 0.1) is 25.3 Å². The summed E-state index contributed by atoms with van der Waals surface area (Å²) < 4.78 is 27.9. The molecule has 2 aromatic rings. The van der Waals surface area contributed by atoms with Crippen LogP contribution in [-0.4, -0.2) is 51.9 Å². The van der Waals surface area contributed by atoms with E-state index in [-0.39, 0.29) is 11.5 Å². The van der Waals surface area contributed by atoms with E-state index < -0.39 is 0 Å². The SMILES string of the molecule is COCCCN1COc2cc(C)c3c(c2C1)O/C(=C\c1ccc(OC)c(OC)c1)C3=O. The maximum Gasteiger partial charge on any atom is 0.232 e. The van der Waals surface area contributed by atoms with Crippen molar-refractivity contribution in [1.29, 1.82) is 0 Å². The lowest BCUT2D eigenvalue weighted by Crippen LogP contribution is -2.33. The number of allylic oxidation sites excluding steroid dienone is 1. The number of carbonyl (C=O) groups is 1. The van der Waals surface area contributed by atoms with Crippen LogP contribution < -0.4 is 18.9 Å². The number of ketones is 1. The number of hydrogen-bond acceptors (Lipinski definition) is 7. The summed E-state index contributed by atoms with van der Waals surface area (Å²) in [7, 11) is 4.86. The fraction of sp³-hybridized carbons (Fsp3) is 0.375. The first-order valence-electron chi connectivity index (χ1n) is 10.2. The third-order valence-corrected chi connectivity index (χ3v) is 5.52. The Labute approximate surface area is 182 Å². The summed E-state index contributed by atoms with van der Waals surface area (Å²) in [5.41, 5.74) is 3.15. The number of carbonyl (C=O) groups excluding carboxylic acids is 1. The Balaban J connectivity index is 1.64. The van der Waals surface area contributed by atoms with Crippen LogP contribution in [0.1, 0.15) is 33.5 Å². The second-order valence-corrected chi connectivity index (χ2v) is 7.60. The van der Waals surface area contributed by atoms with E-state index in [1.165, 1.54) is 0 Å². The third-order valence-electron chi connectivity index (χ3n) is 5.52. The fourth-order valence-corrected chi connectivity index (χ4v) is 3.95. The molecule has 0 radical (unpaired) electrons. The summed E-state index contributed by atoms with van der Waals surface area (Å²) in [6.45, 7) is 4.63. The monoisotopic (exact) mass is 425 g/mol. The first-order chi connectivity index (χ1) is 15.0. The standard InChI is InChI=1S/C24H27NO6/c1-15-10-19-17(13-25(14-30-19)8-5-9-27-2)24-22(15)23(26)21(31-24)12-16-6-7-18(28-3)20(11-16)29-4/h6-7,10-12H,5,8-9,13-14H2,1-4H3/b21-12-. The number of methoxy groups -OCH3 is 3. The predicted molar refractivity (Wildman–Crippen MR) is 116 cm³/mol. The number of benzene rings is 2. The highest BCUT2D eigenvalue weighted by Gasteiger charge is 2.35. The van der Waals surface area contributed by atoms with Crippen LogP contribution in [0.5, 0.6) is 23.0 Å². The molecule has 0 saturated heterocycles. The van der Waals surface area contributed by atoms with Crippen molar-refractivity contribution >= 4 is 11.9 Å². The van der Waals surface area contributed by atoms with E-state index in [2.05, 4.69) is 4.90 Å². The molecule has 2 aliphatic rings. The lowest BCUT2D eigenvalue weighted by atomic mass is 9.98. The number of aryl methyl sites for hydroxylation is 1. The van der Waals surface area contributed by atoms with Gasteiger partial charge in [-0.05, 0) is 48.7 Å². The number of fused-ring (bicyclic) bond motifs is 3. The second kappa shape index (κ2) is 8.99. The van der Waals surface area contributed by atoms with Crippen molar-refractivity contribution in [3.05, 3.63) is 52.3 Å². The number of nitrogens with zero attached hydrogens (tertiary/aromatic N) is 1. The predicted octanol–water partition coefficient (Wildman–Crippen LogP) is 3.82. The van der Waals surface area contributed by atoms with Crippen LogP contribution in [0.4, 0.5) is 0 Å². The first kappa shape index (κ1) is 21.2. The normalized spacial score (nSPS) is 16.5. The minimum atomic E-state index is -0.124. The van der Waals surface area contributed by atoms with Gasteiger partial charge in [0.25, 0.3) is 0 Å². The summed E-state index contributed by atoms with van der Waals surface area (Å²) in [6.07, 6.45) is 2.64. The summed E-state index contributed by atoms with van der Waals surface area (Å²) in [5.74, 6) is 2.76. The van der Waals surface area contributed by atoms with E-state index in [9.17, 15) is 4.79 Å². The highest BCUT2D eigenvalue weighted by atomic mass is 16.5. The van der Waals surface area contributed by atoms with Crippen molar-refractivity contribution in [2.45, 2.75) is 19.9 Å². The molecule has 0 aromatic heterocycles. The van der Waals surface area contributed by atoms with Crippen LogP contribution in [0.15, 0.2) is 30.0 Å². The van der Waals surface area contributed by atoms with Crippen LogP contribution in [0, 0.1) is 6.92 Å². The molecule has 0 atom stereocenters. The minimum absolute atomic E-state index is 0.124. The molecule has 0 fully saturated rings. The quantitative estimate of drug-likeness (QED) is 0.494. The molecular formula is C24H27NO6. The van der Waals surface area contributed by atoms with Gasteiger partial charge in [-0.2, -0.15) is 0 Å². The van der Waals surface area contributed by atoms with Crippen LogP contribution in [0.2, 0.25) is 0 Å². The molecule has 2 aromatic carbocycles. The lowest BCUT2D eigenvalue weighted by molar-refractivity contribution is 0.0822. The third kappa shape index (κ3) is 4.11. The Morgan fingerprint density at radius 3 is 2.68 bits per heavy atom. The van der Waals surface area contributed by atoms with Crippen molar-refractivity contribution in [2.75, 3.05) is 41.2 Å². The van der Waals surface area contributed by atoms with E-state index >= 15 is 0 Å². The minimum Gasteiger partial charge on any atom is -0.493 e. The number of ether oxygens (including phenoxy) is 5. The van der Waals surface area contributed by atoms with E-state index in [0.29, 0.717) is 42.7 Å². The molecule has 2 heterocycles. The molecule has 2 aliphatic heterocycles. The van der Waals surface area contributed by atoms with Gasteiger partial charge in [-0.1, -0.05) is 6.07 Å². The zero-order valence-corrected chi connectivity index (χ0v) is 18.3. The summed E-state index contributed by atoms with van der Waals surface area (Å²) in [5, 5.41) is 0. The number of hydrogen-bond donors (Lipinski definition) is 0. The molecule has 0 unspecified atom stereocenters. The summed E-state index contributed by atoms with van der Waals surface area (Å²) in [4.78, 5) is 15.3. The maximum atomic E-state index is 13.2. The van der Waals surface area contributed by atoms with Crippen molar-refractivity contribution < 1.29 is 28.5 Å². The summed E-state index contributed by atoms with van der Waals surface area (Å²) >= 11 is 0. The molecule has 0 spiro atoms. The van der Waals surface area contributed by atoms with Gasteiger partial charge in [-0.3, -0.25) is 9.69 Å². The van der Waals surface area contributed by atoms with Crippen molar-refractivity contribution in [2.24, 2.45) is 0 Å². The van der Waals surface area contributed by atoms with Crippen molar-refractivity contribution in [3.8, 4) is 23.0 Å². The molecule has 7 nitrogen and oxygen atoms in total. The van der Waals surface area contributed by atoms with Gasteiger partial charge in [0, 0.05) is 26.8 Å². The number of Topliss-reactive ketones (excluding diaryl/α,β-unsaturated/α-hetero) is 1. The number of rotatable bonds is 7. The van der Waals surface area contributed by atoms with Crippen LogP contribution in [0.3, 0.4) is 0 Å². The molecule has 31 heavy (non-hydrogen) atoms. The Bertz CT molecular complexity index is 1030. The largest absolute Gasteiger partial charge is 0.493 e. The van der Waals surface area contributed by atoms with Crippen LogP contribution >= 0.6 is 0 Å². The average Bonchev–Trinajstić information content (AvgIpc) is 3.11. The fourth-order valence-electron chi connectivity index (χ4n) is 3.95. The van der Waals surface area contributed by atoms with Gasteiger partial charge in [0.1, 0.15) is 18.2 Å². The van der Waals surface area contributed by atoms with Gasteiger partial charge < -0.3 is 23.7 Å². The average molecular weight is 425 g/mol. The molecule has 4 rings (SSSR count). The van der Waals surface area contributed by atoms with Gasteiger partial charge in [0.15, 0.2) is 17.3 Å². The highest BCUT2D eigenvalue weighted by Crippen LogP contribution is 2.44. The smallest absolute Gasteiger partial charge is 0.232 e. The molecule has 0 bridgehead atoms. The van der Waals surface area contributed by atoms with Crippen LogP contribution in [0.25, 0.3) is 6.08 Å². The van der Waals surface area contributed by atoms with E-state index in [4.69, 9.17) is 23.7 Å². The van der Waals surface area contributed by atoms with Crippen molar-refractivity contribution in [1.82, 2.24) is 4.90 Å². The van der Waals surface area contributed by atoms with Crippen molar-refractivity contribution in [3.63, 3.8) is 0 Å². The molecule has 0 aliphatic carbocycles. The van der Waals surface area contributed by atoms with E-state index in [1.807, 2.05) is 25.1 Å². The molecular weight excluding hydrogens is 398 g/mol. The molecule has 164 valence electrons. The second-order valence-electron chi connectivity index (χ2n) is 7.60. The van der Waals surface area contributed by atoms with Crippen LogP contribution in [-0.2, 0) is 11.3 Å². The summed E-state index contributed by atoms with van der Waals surface area (Å²) in [6, 6.07) is 7.41. The van der Waals surface area contributed by atoms with Gasteiger partial charge in [-0.25, -0.2) is 0 Å². The molecule has 0 saturated carbocycles. The van der Waals surface area contributed by atoms with Gasteiger partial charge in [0.2, 0.25) is 5.78 Å². The van der Waals surface area contributed by atoms with Gasteiger partial charge >= 0.3 is 0 Å². The maximum absolute atomic E-state index is 13.2. The van der Waals surface area contributed by atoms with E-state index in [1.54, 1.807) is 33.5 Å². The zero-order chi connectivity index (χ0) is 22.0. The molecule has 7 heteroatoms. The Morgan fingerprint density at radius 1 is 1.13 bits per heavy atom.